The monoisotopic (exact) mass is 250 g/mol. The van der Waals surface area contributed by atoms with E-state index < -0.39 is 10.9 Å². The van der Waals surface area contributed by atoms with Crippen molar-refractivity contribution in [3.8, 4) is 0 Å². The van der Waals surface area contributed by atoms with E-state index in [4.69, 9.17) is 5.11 Å². The van der Waals surface area contributed by atoms with Crippen molar-refractivity contribution >= 4 is 17.3 Å². The highest BCUT2D eigenvalue weighted by Crippen LogP contribution is 2.24. The van der Waals surface area contributed by atoms with Gasteiger partial charge in [0.1, 0.15) is 6.54 Å². The maximum absolute atomic E-state index is 10.8. The van der Waals surface area contributed by atoms with Gasteiger partial charge in [0.2, 0.25) is 0 Å². The van der Waals surface area contributed by atoms with E-state index in [0.717, 1.165) is 0 Å². The molecule has 0 spiro atoms. The number of aryl methyl sites for hydroxylation is 1. The molecule has 1 N–H and O–H groups in total. The molecule has 1 aromatic carbocycles. The highest BCUT2D eigenvalue weighted by molar-refractivity contribution is 5.74. The number of benzene rings is 1. The van der Waals surface area contributed by atoms with Gasteiger partial charge in [-0.05, 0) is 13.0 Å². The second kappa shape index (κ2) is 5.81. The summed E-state index contributed by atoms with van der Waals surface area (Å²) >= 11 is 0. The van der Waals surface area contributed by atoms with Crippen LogP contribution in [0.1, 0.15) is 5.56 Å². The molecule has 0 unspecified atom stereocenters. The van der Waals surface area contributed by atoms with Gasteiger partial charge in [-0.2, -0.15) is 0 Å². The minimum atomic E-state index is -1.000. The molecular weight excluding hydrogens is 236 g/mol. The van der Waals surface area contributed by atoms with Crippen LogP contribution >= 0.6 is 0 Å². The fourth-order valence-electron chi connectivity index (χ4n) is 1.57. The van der Waals surface area contributed by atoms with Crippen molar-refractivity contribution in [2.75, 3.05) is 18.0 Å². The number of hydrogen-bond donors (Lipinski definition) is 1. The Bertz CT molecular complexity index is 485. The lowest BCUT2D eigenvalue weighted by molar-refractivity contribution is -0.385. The van der Waals surface area contributed by atoms with Gasteiger partial charge in [-0.15, -0.1) is 6.58 Å². The second-order valence-electron chi connectivity index (χ2n) is 3.79. The van der Waals surface area contributed by atoms with Gasteiger partial charge in [0.05, 0.1) is 4.92 Å². The van der Waals surface area contributed by atoms with Crippen LogP contribution in [0.4, 0.5) is 11.4 Å². The highest BCUT2D eigenvalue weighted by Gasteiger charge is 2.15. The predicted molar refractivity (Wildman–Crippen MR) is 67.9 cm³/mol. The summed E-state index contributed by atoms with van der Waals surface area (Å²) in [6, 6.07) is 4.64. The Balaban J connectivity index is 3.12. The third-order valence-electron chi connectivity index (χ3n) is 2.43. The molecule has 0 heterocycles. The normalized spacial score (nSPS) is 9.83. The third kappa shape index (κ3) is 3.31. The van der Waals surface area contributed by atoms with Crippen molar-refractivity contribution < 1.29 is 14.8 Å². The average Bonchev–Trinajstić information content (AvgIpc) is 2.28. The lowest BCUT2D eigenvalue weighted by Crippen LogP contribution is -2.29. The Morgan fingerprint density at radius 2 is 2.28 bits per heavy atom. The molecule has 0 aliphatic heterocycles. The van der Waals surface area contributed by atoms with Crippen LogP contribution in [0.2, 0.25) is 0 Å². The van der Waals surface area contributed by atoms with Gasteiger partial charge in [-0.1, -0.05) is 12.1 Å². The summed E-state index contributed by atoms with van der Waals surface area (Å²) in [6.45, 7) is 5.26. The first-order valence-corrected chi connectivity index (χ1v) is 5.28. The molecular formula is C12H14N2O4. The maximum atomic E-state index is 10.8. The molecule has 0 radical (unpaired) electrons. The van der Waals surface area contributed by atoms with Crippen molar-refractivity contribution in [1.29, 1.82) is 0 Å². The van der Waals surface area contributed by atoms with Gasteiger partial charge < -0.3 is 10.0 Å². The highest BCUT2D eigenvalue weighted by atomic mass is 16.6. The summed E-state index contributed by atoms with van der Waals surface area (Å²) in [5.74, 6) is -1.000. The molecule has 0 aliphatic carbocycles. The van der Waals surface area contributed by atoms with E-state index in [9.17, 15) is 14.9 Å². The number of rotatable bonds is 6. The lowest BCUT2D eigenvalue weighted by atomic mass is 10.1. The van der Waals surface area contributed by atoms with Gasteiger partial charge in [0, 0.05) is 23.9 Å². The zero-order chi connectivity index (χ0) is 13.7. The zero-order valence-corrected chi connectivity index (χ0v) is 10.00. The molecule has 0 bridgehead atoms. The Labute approximate surface area is 104 Å². The van der Waals surface area contributed by atoms with Gasteiger partial charge in [0.25, 0.3) is 5.69 Å². The molecule has 0 amide bonds. The van der Waals surface area contributed by atoms with Crippen LogP contribution in [0.25, 0.3) is 0 Å². The summed E-state index contributed by atoms with van der Waals surface area (Å²) in [7, 11) is 0. The number of carbonyl (C=O) groups is 1. The number of anilines is 1. The molecule has 6 heteroatoms. The van der Waals surface area contributed by atoms with Gasteiger partial charge in [0.15, 0.2) is 0 Å². The van der Waals surface area contributed by atoms with Crippen molar-refractivity contribution in [3.05, 3.63) is 46.5 Å². The van der Waals surface area contributed by atoms with E-state index in [1.165, 1.54) is 11.0 Å². The molecule has 0 atom stereocenters. The first kappa shape index (κ1) is 13.7. The van der Waals surface area contributed by atoms with Crippen molar-refractivity contribution in [2.24, 2.45) is 0 Å². The molecule has 0 aromatic heterocycles. The van der Waals surface area contributed by atoms with Crippen LogP contribution in [0, 0.1) is 17.0 Å². The van der Waals surface area contributed by atoms with Crippen LogP contribution in [-0.4, -0.2) is 29.1 Å². The Hall–Kier alpha value is -2.37. The number of carboxylic acids is 1. The Morgan fingerprint density at radius 3 is 2.78 bits per heavy atom. The first-order valence-electron chi connectivity index (χ1n) is 5.28. The van der Waals surface area contributed by atoms with Gasteiger partial charge in [-0.25, -0.2) is 0 Å². The van der Waals surface area contributed by atoms with Crippen molar-refractivity contribution in [3.63, 3.8) is 0 Å². The van der Waals surface area contributed by atoms with E-state index in [1.54, 1.807) is 25.1 Å². The summed E-state index contributed by atoms with van der Waals surface area (Å²) < 4.78 is 0. The van der Waals surface area contributed by atoms with Crippen LogP contribution in [0.5, 0.6) is 0 Å². The number of nitro groups is 1. The maximum Gasteiger partial charge on any atom is 0.323 e. The minimum Gasteiger partial charge on any atom is -0.480 e. The number of hydrogen-bond acceptors (Lipinski definition) is 4. The van der Waals surface area contributed by atoms with Crippen LogP contribution in [0.3, 0.4) is 0 Å². The summed E-state index contributed by atoms with van der Waals surface area (Å²) in [6.07, 6.45) is 1.55. The number of aliphatic carboxylic acids is 1. The predicted octanol–water partition coefficient (Wildman–Crippen LogP) is 1.98. The Morgan fingerprint density at radius 1 is 1.61 bits per heavy atom. The molecule has 0 saturated heterocycles. The molecule has 18 heavy (non-hydrogen) atoms. The standard InChI is InChI=1S/C12H14N2O4/c1-3-6-13(8-12(15)16)10-5-4-9(2)11(7-10)14(17)18/h3-5,7H,1,6,8H2,2H3,(H,15,16). The largest absolute Gasteiger partial charge is 0.480 e. The van der Waals surface area contributed by atoms with Crippen molar-refractivity contribution in [1.82, 2.24) is 0 Å². The first-order chi connectivity index (χ1) is 8.45. The SMILES string of the molecule is C=CCN(CC(=O)O)c1ccc(C)c([N+](=O)[O-])c1. The summed E-state index contributed by atoms with van der Waals surface area (Å²) in [5, 5.41) is 19.6. The van der Waals surface area contributed by atoms with Crippen LogP contribution in [0.15, 0.2) is 30.9 Å². The summed E-state index contributed by atoms with van der Waals surface area (Å²) in [5.41, 5.74) is 1.01. The smallest absolute Gasteiger partial charge is 0.323 e. The fourth-order valence-corrected chi connectivity index (χ4v) is 1.57. The van der Waals surface area contributed by atoms with Crippen LogP contribution in [-0.2, 0) is 4.79 Å². The second-order valence-corrected chi connectivity index (χ2v) is 3.79. The van der Waals surface area contributed by atoms with Crippen LogP contribution < -0.4 is 4.90 Å². The molecule has 0 aliphatic rings. The van der Waals surface area contributed by atoms with E-state index in [2.05, 4.69) is 6.58 Å². The lowest BCUT2D eigenvalue weighted by Gasteiger charge is -2.21. The minimum absolute atomic E-state index is 0.0213. The molecule has 1 rings (SSSR count). The number of nitro benzene ring substituents is 1. The topological polar surface area (TPSA) is 83.7 Å². The number of nitrogens with zero attached hydrogens (tertiary/aromatic N) is 2. The molecule has 0 saturated carbocycles. The quantitative estimate of drug-likeness (QED) is 0.474. The summed E-state index contributed by atoms with van der Waals surface area (Å²) in [4.78, 5) is 22.6. The van der Waals surface area contributed by atoms with E-state index in [1.807, 2.05) is 0 Å². The molecule has 6 nitrogen and oxygen atoms in total. The number of carboxylic acid groups (broad SMARTS) is 1. The zero-order valence-electron chi connectivity index (χ0n) is 10.00. The third-order valence-corrected chi connectivity index (χ3v) is 2.43. The average molecular weight is 250 g/mol. The fraction of sp³-hybridized carbons (Fsp3) is 0.250. The Kier molecular flexibility index (Phi) is 4.42. The van der Waals surface area contributed by atoms with E-state index in [0.29, 0.717) is 17.8 Å². The molecule has 96 valence electrons. The van der Waals surface area contributed by atoms with Gasteiger partial charge >= 0.3 is 5.97 Å². The molecule has 1 aromatic rings. The van der Waals surface area contributed by atoms with E-state index >= 15 is 0 Å². The van der Waals surface area contributed by atoms with E-state index in [-0.39, 0.29) is 12.2 Å². The van der Waals surface area contributed by atoms with Crippen molar-refractivity contribution in [2.45, 2.75) is 6.92 Å². The molecule has 0 fully saturated rings. The van der Waals surface area contributed by atoms with Gasteiger partial charge in [-0.3, -0.25) is 14.9 Å².